The van der Waals surface area contributed by atoms with E-state index in [2.05, 4.69) is 10.1 Å². The molecule has 8 heteroatoms. The van der Waals surface area contributed by atoms with Crippen LogP contribution in [0.25, 0.3) is 6.08 Å². The monoisotopic (exact) mass is 394 g/mol. The molecule has 0 saturated carbocycles. The van der Waals surface area contributed by atoms with Crippen molar-refractivity contribution in [1.82, 2.24) is 10.2 Å². The van der Waals surface area contributed by atoms with Gasteiger partial charge in [0.25, 0.3) is 0 Å². The SMILES string of the molecule is CCOc1cc(/C=C/C(=O)NCC(c2ccco2)N(C)C)ccc1OC(F)F. The van der Waals surface area contributed by atoms with Crippen LogP contribution < -0.4 is 14.8 Å². The topological polar surface area (TPSA) is 63.9 Å². The van der Waals surface area contributed by atoms with Gasteiger partial charge in [-0.1, -0.05) is 6.07 Å². The third-order valence-corrected chi connectivity index (χ3v) is 3.88. The minimum Gasteiger partial charge on any atom is -0.490 e. The van der Waals surface area contributed by atoms with Crippen LogP contribution in [0.1, 0.15) is 24.3 Å². The van der Waals surface area contributed by atoms with Gasteiger partial charge in [0.2, 0.25) is 5.91 Å². The molecule has 1 atom stereocenters. The van der Waals surface area contributed by atoms with Gasteiger partial charge in [0.1, 0.15) is 5.76 Å². The van der Waals surface area contributed by atoms with Crippen LogP contribution in [0, 0.1) is 0 Å². The Bertz CT molecular complexity index is 777. The Balaban J connectivity index is 2.00. The lowest BCUT2D eigenvalue weighted by Gasteiger charge is -2.22. The van der Waals surface area contributed by atoms with Gasteiger partial charge in [-0.15, -0.1) is 0 Å². The van der Waals surface area contributed by atoms with Crippen LogP contribution >= 0.6 is 0 Å². The first-order chi connectivity index (χ1) is 13.4. The van der Waals surface area contributed by atoms with Crippen molar-refractivity contribution in [3.8, 4) is 11.5 Å². The quantitative estimate of drug-likeness (QED) is 0.623. The van der Waals surface area contributed by atoms with E-state index in [1.165, 1.54) is 18.2 Å². The fourth-order valence-electron chi connectivity index (χ4n) is 2.54. The third-order valence-electron chi connectivity index (χ3n) is 3.88. The first-order valence-electron chi connectivity index (χ1n) is 8.78. The summed E-state index contributed by atoms with van der Waals surface area (Å²) in [5.74, 6) is 0.608. The van der Waals surface area contributed by atoms with E-state index in [4.69, 9.17) is 9.15 Å². The number of hydrogen-bond donors (Lipinski definition) is 1. The predicted octanol–water partition coefficient (Wildman–Crippen LogP) is 3.71. The van der Waals surface area contributed by atoms with Gasteiger partial charge in [0.05, 0.1) is 18.9 Å². The highest BCUT2D eigenvalue weighted by Crippen LogP contribution is 2.30. The summed E-state index contributed by atoms with van der Waals surface area (Å²) in [5, 5.41) is 2.82. The molecule has 0 aliphatic carbocycles. The number of alkyl halides is 2. The summed E-state index contributed by atoms with van der Waals surface area (Å²) >= 11 is 0. The van der Waals surface area contributed by atoms with Crippen LogP contribution in [0.3, 0.4) is 0 Å². The number of benzene rings is 1. The minimum absolute atomic E-state index is 0.0503. The number of ether oxygens (including phenoxy) is 2. The van der Waals surface area contributed by atoms with Crippen LogP contribution in [0.4, 0.5) is 8.78 Å². The average Bonchev–Trinajstić information content (AvgIpc) is 3.16. The Morgan fingerprint density at radius 3 is 2.68 bits per heavy atom. The molecule has 1 aromatic heterocycles. The summed E-state index contributed by atoms with van der Waals surface area (Å²) in [7, 11) is 3.79. The Labute approximate surface area is 162 Å². The summed E-state index contributed by atoms with van der Waals surface area (Å²) in [4.78, 5) is 14.1. The summed E-state index contributed by atoms with van der Waals surface area (Å²) in [6, 6.07) is 8.04. The van der Waals surface area contributed by atoms with Crippen molar-refractivity contribution in [2.24, 2.45) is 0 Å². The van der Waals surface area contributed by atoms with E-state index < -0.39 is 6.61 Å². The first kappa shape index (κ1) is 21.4. The summed E-state index contributed by atoms with van der Waals surface area (Å²) in [6.45, 7) is -0.534. The standard InChI is InChI=1S/C20H24F2N2O4/c1-4-26-18-12-14(7-9-17(18)28-20(21)22)8-10-19(25)23-13-15(24(2)3)16-6-5-11-27-16/h5-12,15,20H,4,13H2,1-3H3,(H,23,25)/b10-8+. The van der Waals surface area contributed by atoms with Gasteiger partial charge < -0.3 is 19.2 Å². The van der Waals surface area contributed by atoms with E-state index in [1.54, 1.807) is 31.4 Å². The molecule has 6 nitrogen and oxygen atoms in total. The van der Waals surface area contributed by atoms with Crippen LogP contribution in [0.2, 0.25) is 0 Å². The average molecular weight is 394 g/mol. The number of nitrogens with zero attached hydrogens (tertiary/aromatic N) is 1. The molecule has 0 aliphatic heterocycles. The van der Waals surface area contributed by atoms with Crippen molar-refractivity contribution >= 4 is 12.0 Å². The van der Waals surface area contributed by atoms with Crippen LogP contribution in [0.15, 0.2) is 47.1 Å². The lowest BCUT2D eigenvalue weighted by Crippen LogP contribution is -2.33. The number of likely N-dealkylation sites (N-methyl/N-ethyl adjacent to an activating group) is 1. The van der Waals surface area contributed by atoms with Gasteiger partial charge in [0.15, 0.2) is 11.5 Å². The van der Waals surface area contributed by atoms with Crippen molar-refractivity contribution in [3.63, 3.8) is 0 Å². The molecule has 152 valence electrons. The van der Waals surface area contributed by atoms with Gasteiger partial charge >= 0.3 is 6.61 Å². The van der Waals surface area contributed by atoms with Crippen LogP contribution in [0.5, 0.6) is 11.5 Å². The van der Waals surface area contributed by atoms with E-state index in [0.29, 0.717) is 18.7 Å². The van der Waals surface area contributed by atoms with Crippen molar-refractivity contribution in [2.45, 2.75) is 19.6 Å². The van der Waals surface area contributed by atoms with E-state index in [9.17, 15) is 13.6 Å². The zero-order valence-corrected chi connectivity index (χ0v) is 16.0. The minimum atomic E-state index is -2.94. The molecule has 0 aliphatic rings. The molecule has 1 N–H and O–H groups in total. The maximum absolute atomic E-state index is 12.4. The molecular formula is C20H24F2N2O4. The summed E-state index contributed by atoms with van der Waals surface area (Å²) < 4.78 is 40.1. The predicted molar refractivity (Wildman–Crippen MR) is 101 cm³/mol. The Morgan fingerprint density at radius 2 is 2.07 bits per heavy atom. The highest BCUT2D eigenvalue weighted by atomic mass is 19.3. The molecule has 1 aromatic carbocycles. The summed E-state index contributed by atoms with van der Waals surface area (Å²) in [5.41, 5.74) is 0.621. The highest BCUT2D eigenvalue weighted by molar-refractivity contribution is 5.91. The first-order valence-corrected chi connectivity index (χ1v) is 8.78. The van der Waals surface area contributed by atoms with Crippen molar-refractivity contribution < 1.29 is 27.5 Å². The van der Waals surface area contributed by atoms with Crippen molar-refractivity contribution in [1.29, 1.82) is 0 Å². The zero-order valence-electron chi connectivity index (χ0n) is 16.0. The number of amides is 1. The van der Waals surface area contributed by atoms with Gasteiger partial charge in [0, 0.05) is 12.6 Å². The second-order valence-electron chi connectivity index (χ2n) is 6.09. The maximum Gasteiger partial charge on any atom is 0.387 e. The van der Waals surface area contributed by atoms with Gasteiger partial charge in [-0.3, -0.25) is 9.69 Å². The van der Waals surface area contributed by atoms with Crippen LogP contribution in [-0.2, 0) is 4.79 Å². The number of rotatable bonds is 10. The van der Waals surface area contributed by atoms with Crippen LogP contribution in [-0.4, -0.2) is 44.7 Å². The fraction of sp³-hybridized carbons (Fsp3) is 0.350. The molecule has 1 heterocycles. The van der Waals surface area contributed by atoms with Crippen molar-refractivity contribution in [3.05, 3.63) is 54.0 Å². The number of furan rings is 1. The maximum atomic E-state index is 12.4. The molecule has 0 bridgehead atoms. The molecule has 0 fully saturated rings. The molecular weight excluding hydrogens is 370 g/mol. The smallest absolute Gasteiger partial charge is 0.387 e. The number of carbonyl (C=O) groups is 1. The Kier molecular flexibility index (Phi) is 8.01. The lowest BCUT2D eigenvalue weighted by molar-refractivity contribution is -0.116. The number of carbonyl (C=O) groups excluding carboxylic acids is 1. The number of halogens is 2. The lowest BCUT2D eigenvalue weighted by atomic mass is 10.1. The van der Waals surface area contributed by atoms with E-state index in [0.717, 1.165) is 5.76 Å². The Morgan fingerprint density at radius 1 is 1.29 bits per heavy atom. The van der Waals surface area contributed by atoms with Crippen molar-refractivity contribution in [2.75, 3.05) is 27.2 Å². The second kappa shape index (κ2) is 10.5. The third kappa shape index (κ3) is 6.38. The van der Waals surface area contributed by atoms with E-state index >= 15 is 0 Å². The molecule has 0 radical (unpaired) electrons. The molecule has 1 amide bonds. The largest absolute Gasteiger partial charge is 0.490 e. The molecule has 0 saturated heterocycles. The molecule has 1 unspecified atom stereocenters. The Hall–Kier alpha value is -2.87. The molecule has 2 aromatic rings. The van der Waals surface area contributed by atoms with Gasteiger partial charge in [-0.2, -0.15) is 8.78 Å². The fourth-order valence-corrected chi connectivity index (χ4v) is 2.54. The number of nitrogens with one attached hydrogen (secondary N) is 1. The molecule has 28 heavy (non-hydrogen) atoms. The van der Waals surface area contributed by atoms with E-state index in [1.807, 2.05) is 25.1 Å². The number of hydrogen-bond acceptors (Lipinski definition) is 5. The zero-order chi connectivity index (χ0) is 20.5. The van der Waals surface area contributed by atoms with Gasteiger partial charge in [-0.05, 0) is 56.9 Å². The molecule has 0 spiro atoms. The van der Waals surface area contributed by atoms with Gasteiger partial charge in [-0.25, -0.2) is 0 Å². The summed E-state index contributed by atoms with van der Waals surface area (Å²) in [6.07, 6.45) is 4.53. The normalized spacial score (nSPS) is 12.5. The molecule has 2 rings (SSSR count). The second-order valence-corrected chi connectivity index (χ2v) is 6.09. The van der Waals surface area contributed by atoms with E-state index in [-0.39, 0.29) is 23.4 Å². The highest BCUT2D eigenvalue weighted by Gasteiger charge is 2.17.